The molecular formula is C25H32ClF2NO6SSi. The molecule has 0 radical (unpaired) electrons. The molecule has 7 nitrogen and oxygen atoms in total. The molecule has 2 heterocycles. The smallest absolute Gasteiger partial charge is 0.355 e. The third-order valence-electron chi connectivity index (χ3n) is 7.24. The lowest BCUT2D eigenvalue weighted by Gasteiger charge is -2.49. The molecule has 0 aromatic heterocycles. The standard InChI is InChI=1S/C25H32ClF2NO6SSi/c1-14(26)12-34-24(31)22-16(13-36(32,33)20-9-8-17(27)11-18(20)28)10-19-21(23(30)29(19)22)15(2)35-37(6,7)25(3,4)5/h8-9,11,15,19,21H,1,10,12-13H2,2-7H3/t15-,19+,21+/m1/s1. The van der Waals surface area contributed by atoms with Crippen LogP contribution in [0.25, 0.3) is 0 Å². The monoisotopic (exact) mass is 575 g/mol. The molecule has 0 spiro atoms. The quantitative estimate of drug-likeness (QED) is 0.179. The highest BCUT2D eigenvalue weighted by Gasteiger charge is 2.58. The van der Waals surface area contributed by atoms with Crippen LogP contribution in [0.4, 0.5) is 8.78 Å². The van der Waals surface area contributed by atoms with Crippen LogP contribution in [0.5, 0.6) is 0 Å². The summed E-state index contributed by atoms with van der Waals surface area (Å²) in [5.74, 6) is -4.81. The number of ether oxygens (including phenoxy) is 1. The Morgan fingerprint density at radius 3 is 2.46 bits per heavy atom. The zero-order chi connectivity index (χ0) is 28.1. The Labute approximate surface area is 222 Å². The van der Waals surface area contributed by atoms with Crippen LogP contribution in [0, 0.1) is 17.6 Å². The molecule has 12 heteroatoms. The molecule has 37 heavy (non-hydrogen) atoms. The number of rotatable bonds is 9. The van der Waals surface area contributed by atoms with E-state index in [0.717, 1.165) is 12.1 Å². The van der Waals surface area contributed by atoms with Gasteiger partial charge in [0, 0.05) is 11.1 Å². The van der Waals surface area contributed by atoms with Crippen LogP contribution in [0.2, 0.25) is 18.1 Å². The predicted molar refractivity (Wildman–Crippen MR) is 138 cm³/mol. The molecule has 204 valence electrons. The van der Waals surface area contributed by atoms with E-state index in [4.69, 9.17) is 20.8 Å². The van der Waals surface area contributed by atoms with E-state index in [2.05, 4.69) is 40.4 Å². The van der Waals surface area contributed by atoms with Crippen molar-refractivity contribution in [1.82, 2.24) is 4.90 Å². The second kappa shape index (κ2) is 10.2. The van der Waals surface area contributed by atoms with Gasteiger partial charge in [-0.05, 0) is 49.2 Å². The maximum absolute atomic E-state index is 14.3. The lowest BCUT2D eigenvalue weighted by molar-refractivity contribution is -0.161. The molecule has 3 rings (SSSR count). The lowest BCUT2D eigenvalue weighted by atomic mass is 9.83. The van der Waals surface area contributed by atoms with E-state index in [1.54, 1.807) is 6.92 Å². The van der Waals surface area contributed by atoms with Crippen LogP contribution >= 0.6 is 11.6 Å². The Balaban J connectivity index is 1.93. The second-order valence-corrected chi connectivity index (χ2v) is 18.2. The van der Waals surface area contributed by atoms with Crippen LogP contribution in [0.3, 0.4) is 0 Å². The Morgan fingerprint density at radius 2 is 1.92 bits per heavy atom. The van der Waals surface area contributed by atoms with E-state index in [1.807, 2.05) is 0 Å². The predicted octanol–water partition coefficient (Wildman–Crippen LogP) is 4.93. The minimum atomic E-state index is -4.32. The van der Waals surface area contributed by atoms with Gasteiger partial charge in [-0.2, -0.15) is 0 Å². The fourth-order valence-corrected chi connectivity index (χ4v) is 7.41. The van der Waals surface area contributed by atoms with Gasteiger partial charge in [0.2, 0.25) is 5.91 Å². The summed E-state index contributed by atoms with van der Waals surface area (Å²) >= 11 is 5.70. The Kier molecular flexibility index (Phi) is 8.15. The topological polar surface area (TPSA) is 90.0 Å². The maximum Gasteiger partial charge on any atom is 0.355 e. The summed E-state index contributed by atoms with van der Waals surface area (Å²) in [6.07, 6.45) is -0.407. The molecular weight excluding hydrogens is 544 g/mol. The summed E-state index contributed by atoms with van der Waals surface area (Å²) in [6, 6.07) is 1.64. The second-order valence-electron chi connectivity index (χ2n) is 11.0. The van der Waals surface area contributed by atoms with Crippen LogP contribution in [0.15, 0.2) is 46.0 Å². The number of benzene rings is 1. The summed E-state index contributed by atoms with van der Waals surface area (Å²) in [6.45, 7) is 15.3. The average molecular weight is 576 g/mol. The highest BCUT2D eigenvalue weighted by molar-refractivity contribution is 7.91. The first-order chi connectivity index (χ1) is 16.9. The molecule has 3 atom stereocenters. The van der Waals surface area contributed by atoms with Gasteiger partial charge in [0.05, 0.1) is 23.8 Å². The summed E-state index contributed by atoms with van der Waals surface area (Å²) in [4.78, 5) is 26.8. The van der Waals surface area contributed by atoms with Gasteiger partial charge in [-0.25, -0.2) is 22.0 Å². The molecule has 1 aromatic carbocycles. The van der Waals surface area contributed by atoms with E-state index in [-0.39, 0.29) is 40.3 Å². The molecule has 1 saturated heterocycles. The van der Waals surface area contributed by atoms with Crippen molar-refractivity contribution in [2.75, 3.05) is 12.4 Å². The lowest BCUT2D eigenvalue weighted by Crippen LogP contribution is -2.63. The highest BCUT2D eigenvalue weighted by Crippen LogP contribution is 2.47. The van der Waals surface area contributed by atoms with Crippen molar-refractivity contribution in [2.45, 2.75) is 69.3 Å². The minimum absolute atomic E-state index is 0.0373. The van der Waals surface area contributed by atoms with Gasteiger partial charge in [-0.3, -0.25) is 4.79 Å². The molecule has 1 fully saturated rings. The van der Waals surface area contributed by atoms with Gasteiger partial charge < -0.3 is 14.1 Å². The van der Waals surface area contributed by atoms with Crippen LogP contribution in [-0.2, 0) is 28.6 Å². The maximum atomic E-state index is 14.3. The number of amides is 1. The van der Waals surface area contributed by atoms with Gasteiger partial charge in [0.1, 0.15) is 28.8 Å². The van der Waals surface area contributed by atoms with Gasteiger partial charge in [0.15, 0.2) is 18.2 Å². The molecule has 0 bridgehead atoms. The molecule has 2 aliphatic rings. The molecule has 2 aliphatic heterocycles. The normalized spacial score (nSPS) is 21.0. The Bertz CT molecular complexity index is 1270. The molecule has 0 saturated carbocycles. The fraction of sp³-hybridized carbons (Fsp3) is 0.520. The van der Waals surface area contributed by atoms with E-state index in [1.165, 1.54) is 4.90 Å². The number of nitrogens with zero attached hydrogens (tertiary/aromatic N) is 1. The van der Waals surface area contributed by atoms with Crippen molar-refractivity contribution in [3.8, 4) is 0 Å². The van der Waals surface area contributed by atoms with Crippen molar-refractivity contribution in [1.29, 1.82) is 0 Å². The van der Waals surface area contributed by atoms with Crippen molar-refractivity contribution >= 4 is 41.6 Å². The number of hydrogen-bond donors (Lipinski definition) is 0. The number of β-lactam (4-membered cyclic amide) rings is 1. The number of hydrogen-bond acceptors (Lipinski definition) is 6. The number of carbonyl (C=O) groups is 2. The zero-order valence-corrected chi connectivity index (χ0v) is 24.3. The number of esters is 1. The van der Waals surface area contributed by atoms with Crippen LogP contribution in [-0.4, -0.2) is 58.0 Å². The average Bonchev–Trinajstić information content (AvgIpc) is 3.03. The third kappa shape index (κ3) is 5.84. The first kappa shape index (κ1) is 29.5. The zero-order valence-electron chi connectivity index (χ0n) is 21.7. The van der Waals surface area contributed by atoms with Crippen LogP contribution < -0.4 is 0 Å². The van der Waals surface area contributed by atoms with Crippen molar-refractivity contribution in [3.63, 3.8) is 0 Å². The summed E-state index contributed by atoms with van der Waals surface area (Å²) in [5.41, 5.74) is -0.0934. The van der Waals surface area contributed by atoms with Gasteiger partial charge >= 0.3 is 5.97 Å². The van der Waals surface area contributed by atoms with E-state index < -0.39 is 64.5 Å². The van der Waals surface area contributed by atoms with Crippen molar-refractivity contribution in [2.24, 2.45) is 5.92 Å². The first-order valence-corrected chi connectivity index (χ1v) is 16.7. The summed E-state index contributed by atoms with van der Waals surface area (Å²) in [5, 5.41) is -0.0609. The van der Waals surface area contributed by atoms with Crippen molar-refractivity contribution < 1.29 is 36.0 Å². The van der Waals surface area contributed by atoms with Crippen LogP contribution in [0.1, 0.15) is 34.1 Å². The SMILES string of the molecule is C=C(Cl)COC(=O)C1=C(CS(=O)(=O)c2ccc(F)cc2F)C[C@H]2[C@H]([C@@H](C)O[Si](C)(C)C(C)(C)C)C(=O)N12. The molecule has 1 amide bonds. The van der Waals surface area contributed by atoms with Gasteiger partial charge in [0.25, 0.3) is 0 Å². The Morgan fingerprint density at radius 1 is 1.30 bits per heavy atom. The largest absolute Gasteiger partial charge is 0.455 e. The summed E-state index contributed by atoms with van der Waals surface area (Å²) in [7, 11) is -6.55. The van der Waals surface area contributed by atoms with E-state index >= 15 is 0 Å². The minimum Gasteiger partial charge on any atom is -0.455 e. The molecule has 0 aliphatic carbocycles. The van der Waals surface area contributed by atoms with Crippen molar-refractivity contribution in [3.05, 3.63) is 52.7 Å². The van der Waals surface area contributed by atoms with E-state index in [0.29, 0.717) is 6.07 Å². The highest BCUT2D eigenvalue weighted by atomic mass is 35.5. The first-order valence-electron chi connectivity index (χ1n) is 11.8. The number of carbonyl (C=O) groups excluding carboxylic acids is 2. The van der Waals surface area contributed by atoms with Gasteiger partial charge in [-0.15, -0.1) is 0 Å². The third-order valence-corrected chi connectivity index (χ3v) is 13.7. The van der Waals surface area contributed by atoms with E-state index in [9.17, 15) is 26.8 Å². The fourth-order valence-electron chi connectivity index (χ4n) is 4.43. The number of fused-ring (bicyclic) bond motifs is 1. The summed E-state index contributed by atoms with van der Waals surface area (Å²) < 4.78 is 65.4. The Hall–Kier alpha value is -2.08. The molecule has 1 aromatic rings. The number of sulfone groups is 1. The molecule has 0 unspecified atom stereocenters. The number of halogens is 3. The molecule has 0 N–H and O–H groups in total. The van der Waals surface area contributed by atoms with Gasteiger partial charge in [-0.1, -0.05) is 39.0 Å².